The Morgan fingerprint density at radius 2 is 1.75 bits per heavy atom. The Labute approximate surface area is 235 Å². The second-order valence-electron chi connectivity index (χ2n) is 8.88. The lowest BCUT2D eigenvalue weighted by atomic mass is 10.2. The number of hydrogen-bond acceptors (Lipinski definition) is 9. The molecule has 214 valence electrons. The predicted octanol–water partition coefficient (Wildman–Crippen LogP) is 4.72. The summed E-state index contributed by atoms with van der Waals surface area (Å²) in [4.78, 5) is 37.8. The van der Waals surface area contributed by atoms with Crippen molar-refractivity contribution in [2.24, 2.45) is 0 Å². The van der Waals surface area contributed by atoms with Crippen LogP contribution in [0.2, 0.25) is 0 Å². The molecule has 0 aliphatic rings. The summed E-state index contributed by atoms with van der Waals surface area (Å²) in [7, 11) is 4.54. The minimum atomic E-state index is -0.674. The fourth-order valence-electron chi connectivity index (χ4n) is 3.89. The van der Waals surface area contributed by atoms with Gasteiger partial charge in [0.2, 0.25) is 5.95 Å². The lowest BCUT2D eigenvalue weighted by molar-refractivity contribution is 0.0952. The number of unbranched alkanes of at least 4 members (excludes halogenated alkanes) is 1. The molecule has 1 aromatic heterocycles. The fraction of sp³-hybridized carbons (Fsp3) is 0.379. The third kappa shape index (κ3) is 8.57. The van der Waals surface area contributed by atoms with Crippen LogP contribution < -0.4 is 29.7 Å². The minimum Gasteiger partial charge on any atom is -0.497 e. The van der Waals surface area contributed by atoms with E-state index in [1.165, 1.54) is 32.4 Å². The lowest BCUT2D eigenvalue weighted by Crippen LogP contribution is -2.30. The van der Waals surface area contributed by atoms with E-state index in [9.17, 15) is 9.59 Å². The molecule has 0 radical (unpaired) electrons. The van der Waals surface area contributed by atoms with E-state index in [-0.39, 0.29) is 17.6 Å². The number of methoxy groups -OCH3 is 2. The van der Waals surface area contributed by atoms with Crippen LogP contribution in [0.5, 0.6) is 17.2 Å². The van der Waals surface area contributed by atoms with E-state index < -0.39 is 6.09 Å². The van der Waals surface area contributed by atoms with Gasteiger partial charge in [0.1, 0.15) is 11.6 Å². The Balaban J connectivity index is 1.60. The lowest BCUT2D eigenvalue weighted by Gasteiger charge is -2.18. The molecule has 0 aliphatic heterocycles. The van der Waals surface area contributed by atoms with Gasteiger partial charge in [-0.15, -0.1) is 0 Å². The van der Waals surface area contributed by atoms with Crippen LogP contribution in [-0.4, -0.2) is 74.3 Å². The number of carbonyl (C=O) groups excluding carboxylic acids is 2. The number of benzene rings is 2. The average Bonchev–Trinajstić information content (AvgIpc) is 2.98. The topological polar surface area (TPSA) is 118 Å². The molecule has 0 spiro atoms. The van der Waals surface area contributed by atoms with E-state index >= 15 is 0 Å². The third-order valence-electron chi connectivity index (χ3n) is 6.29. The molecule has 40 heavy (non-hydrogen) atoms. The number of anilines is 3. The number of amides is 2. The van der Waals surface area contributed by atoms with Crippen LogP contribution in [0, 0.1) is 0 Å². The molecule has 0 unspecified atom stereocenters. The molecule has 2 amide bonds. The highest BCUT2D eigenvalue weighted by molar-refractivity contribution is 5.95. The largest absolute Gasteiger partial charge is 0.497 e. The van der Waals surface area contributed by atoms with Crippen molar-refractivity contribution in [1.29, 1.82) is 0 Å². The maximum atomic E-state index is 12.8. The molecule has 2 N–H and O–H groups in total. The number of rotatable bonds is 14. The van der Waals surface area contributed by atoms with Crippen LogP contribution in [-0.2, 0) is 0 Å². The number of nitrogens with zero attached hydrogens (tertiary/aromatic N) is 4. The molecule has 0 atom stereocenters. The molecule has 0 fully saturated rings. The third-order valence-corrected chi connectivity index (χ3v) is 6.29. The van der Waals surface area contributed by atoms with Gasteiger partial charge in [0.25, 0.3) is 5.91 Å². The first kappa shape index (κ1) is 30.2. The van der Waals surface area contributed by atoms with Gasteiger partial charge in [-0.2, -0.15) is 4.98 Å². The van der Waals surface area contributed by atoms with E-state index in [2.05, 4.69) is 39.3 Å². The smallest absolute Gasteiger partial charge is 0.420 e. The predicted molar refractivity (Wildman–Crippen MR) is 155 cm³/mol. The molecule has 0 saturated carbocycles. The second kappa shape index (κ2) is 15.3. The monoisotopic (exact) mass is 550 g/mol. The van der Waals surface area contributed by atoms with Crippen LogP contribution >= 0.6 is 0 Å². The highest BCUT2D eigenvalue weighted by Gasteiger charge is 2.18. The van der Waals surface area contributed by atoms with Gasteiger partial charge in [-0.1, -0.05) is 19.9 Å². The van der Waals surface area contributed by atoms with Gasteiger partial charge in [0.15, 0.2) is 11.5 Å². The van der Waals surface area contributed by atoms with Crippen LogP contribution in [0.25, 0.3) is 0 Å². The van der Waals surface area contributed by atoms with Crippen molar-refractivity contribution in [3.8, 4) is 17.2 Å². The zero-order chi connectivity index (χ0) is 28.9. The zero-order valence-electron chi connectivity index (χ0n) is 23.8. The molecule has 11 nitrogen and oxygen atoms in total. The van der Waals surface area contributed by atoms with Crippen LogP contribution in [0.15, 0.2) is 54.7 Å². The highest BCUT2D eigenvalue weighted by atomic mass is 16.6. The summed E-state index contributed by atoms with van der Waals surface area (Å²) in [6.07, 6.45) is 2.80. The quantitative estimate of drug-likeness (QED) is 0.275. The van der Waals surface area contributed by atoms with Gasteiger partial charge in [0.05, 0.1) is 14.2 Å². The summed E-state index contributed by atoms with van der Waals surface area (Å²) in [5.74, 6) is 1.54. The molecule has 3 rings (SSSR count). The number of ether oxygens (including phenoxy) is 3. The van der Waals surface area contributed by atoms with Gasteiger partial charge in [-0.25, -0.2) is 9.78 Å². The van der Waals surface area contributed by atoms with E-state index in [0.717, 1.165) is 32.5 Å². The fourth-order valence-corrected chi connectivity index (χ4v) is 3.89. The molecule has 3 aromatic rings. The van der Waals surface area contributed by atoms with Crippen molar-refractivity contribution in [1.82, 2.24) is 20.2 Å². The van der Waals surface area contributed by atoms with Gasteiger partial charge < -0.3 is 29.7 Å². The summed E-state index contributed by atoms with van der Waals surface area (Å²) in [6.45, 7) is 8.03. The average molecular weight is 551 g/mol. The summed E-state index contributed by atoms with van der Waals surface area (Å²) in [5.41, 5.74) is 1.16. The molecule has 11 heteroatoms. The standard InChI is InChI=1S/C29H38N6O5/c1-6-35(7-2)18-9-8-16-30-27(36)21-11-10-12-22(19-21)32-28-31-17-15-26(33-28)34(3)29(37)40-25-20-23(38-4)13-14-24(25)39-5/h10-15,17,19-20H,6-9,16,18H2,1-5H3,(H,30,36)(H,31,32,33). The van der Waals surface area contributed by atoms with Gasteiger partial charge in [-0.3, -0.25) is 9.69 Å². The first-order chi connectivity index (χ1) is 19.4. The van der Waals surface area contributed by atoms with Gasteiger partial charge >= 0.3 is 6.09 Å². The first-order valence-corrected chi connectivity index (χ1v) is 13.3. The normalized spacial score (nSPS) is 10.7. The molecule has 1 heterocycles. The Hall–Kier alpha value is -4.38. The molecule has 0 bridgehead atoms. The Kier molecular flexibility index (Phi) is 11.5. The van der Waals surface area contributed by atoms with Crippen molar-refractivity contribution < 1.29 is 23.8 Å². The number of hydrogen-bond donors (Lipinski definition) is 2. The van der Waals surface area contributed by atoms with E-state index in [0.29, 0.717) is 35.1 Å². The van der Waals surface area contributed by atoms with Crippen LogP contribution in [0.1, 0.15) is 37.0 Å². The SMILES string of the molecule is CCN(CC)CCCCNC(=O)c1cccc(Nc2nccc(N(C)C(=O)Oc3cc(OC)ccc3OC)n2)c1. The minimum absolute atomic E-state index is 0.142. The summed E-state index contributed by atoms with van der Waals surface area (Å²) < 4.78 is 16.0. The van der Waals surface area contributed by atoms with Crippen molar-refractivity contribution in [3.63, 3.8) is 0 Å². The highest BCUT2D eigenvalue weighted by Crippen LogP contribution is 2.32. The van der Waals surface area contributed by atoms with Crippen molar-refractivity contribution in [2.75, 3.05) is 57.7 Å². The summed E-state index contributed by atoms with van der Waals surface area (Å²) in [6, 6.07) is 13.6. The number of aromatic nitrogens is 2. The zero-order valence-corrected chi connectivity index (χ0v) is 23.8. The number of nitrogens with one attached hydrogen (secondary N) is 2. The number of carbonyl (C=O) groups is 2. The molecule has 0 aliphatic carbocycles. The molecular formula is C29H38N6O5. The van der Waals surface area contributed by atoms with Crippen molar-refractivity contribution >= 4 is 29.5 Å². The van der Waals surface area contributed by atoms with E-state index in [4.69, 9.17) is 14.2 Å². The maximum Gasteiger partial charge on any atom is 0.420 e. The Morgan fingerprint density at radius 3 is 2.48 bits per heavy atom. The molecule has 2 aromatic carbocycles. The van der Waals surface area contributed by atoms with E-state index in [1.807, 2.05) is 6.07 Å². The van der Waals surface area contributed by atoms with Gasteiger partial charge in [0, 0.05) is 37.1 Å². The van der Waals surface area contributed by atoms with Crippen LogP contribution in [0.4, 0.5) is 22.2 Å². The Morgan fingerprint density at radius 1 is 0.950 bits per heavy atom. The second-order valence-corrected chi connectivity index (χ2v) is 8.88. The van der Waals surface area contributed by atoms with Crippen molar-refractivity contribution in [3.05, 3.63) is 60.3 Å². The van der Waals surface area contributed by atoms with E-state index in [1.54, 1.807) is 42.5 Å². The van der Waals surface area contributed by atoms with Gasteiger partial charge in [-0.05, 0) is 68.9 Å². The van der Waals surface area contributed by atoms with Crippen LogP contribution in [0.3, 0.4) is 0 Å². The first-order valence-electron chi connectivity index (χ1n) is 13.3. The summed E-state index contributed by atoms with van der Waals surface area (Å²) >= 11 is 0. The molecular weight excluding hydrogens is 512 g/mol. The molecule has 0 saturated heterocycles. The Bertz CT molecular complexity index is 1270. The maximum absolute atomic E-state index is 12.8. The summed E-state index contributed by atoms with van der Waals surface area (Å²) in [5, 5.41) is 6.08. The van der Waals surface area contributed by atoms with Crippen molar-refractivity contribution in [2.45, 2.75) is 26.7 Å².